The average molecular weight is 233 g/mol. The zero-order valence-electron chi connectivity index (χ0n) is 11.1. The molecule has 17 heavy (non-hydrogen) atoms. The largest absolute Gasteiger partial charge is 0.490 e. The molecule has 0 bridgehead atoms. The van der Waals surface area contributed by atoms with Crippen LogP contribution in [-0.4, -0.2) is 30.1 Å². The zero-order chi connectivity index (χ0) is 12.3. The van der Waals surface area contributed by atoms with E-state index < -0.39 is 0 Å². The van der Waals surface area contributed by atoms with Gasteiger partial charge in [-0.15, -0.1) is 0 Å². The number of rotatable bonds is 3. The lowest BCUT2D eigenvalue weighted by atomic mass is 10.1. The fourth-order valence-corrected chi connectivity index (χ4v) is 2.32. The third kappa shape index (κ3) is 3.47. The van der Waals surface area contributed by atoms with Crippen LogP contribution in [0.1, 0.15) is 32.3 Å². The first-order chi connectivity index (χ1) is 8.15. The summed E-state index contributed by atoms with van der Waals surface area (Å²) in [6, 6.07) is 9.03. The van der Waals surface area contributed by atoms with Gasteiger partial charge >= 0.3 is 0 Å². The van der Waals surface area contributed by atoms with Gasteiger partial charge in [-0.1, -0.05) is 17.7 Å². The van der Waals surface area contributed by atoms with E-state index in [1.807, 2.05) is 0 Å². The number of aryl methyl sites for hydroxylation is 1. The Kier molecular flexibility index (Phi) is 4.06. The molecule has 0 saturated carbocycles. The first-order valence-corrected chi connectivity index (χ1v) is 6.62. The molecule has 1 aliphatic heterocycles. The minimum absolute atomic E-state index is 0.396. The van der Waals surface area contributed by atoms with E-state index in [0.717, 1.165) is 31.7 Å². The normalized spacial score (nSPS) is 18.6. The van der Waals surface area contributed by atoms with Gasteiger partial charge in [0.2, 0.25) is 0 Å². The average Bonchev–Trinajstić information content (AvgIpc) is 2.33. The van der Waals surface area contributed by atoms with Crippen molar-refractivity contribution in [3.8, 4) is 5.75 Å². The van der Waals surface area contributed by atoms with Gasteiger partial charge in [0.15, 0.2) is 0 Å². The smallest absolute Gasteiger partial charge is 0.119 e. The van der Waals surface area contributed by atoms with Gasteiger partial charge in [0.25, 0.3) is 0 Å². The van der Waals surface area contributed by atoms with Gasteiger partial charge in [-0.3, -0.25) is 0 Å². The molecule has 0 spiro atoms. The van der Waals surface area contributed by atoms with E-state index in [4.69, 9.17) is 4.74 Å². The van der Waals surface area contributed by atoms with E-state index in [9.17, 15) is 0 Å². The van der Waals surface area contributed by atoms with E-state index in [0.29, 0.717) is 12.1 Å². The third-order valence-electron chi connectivity index (χ3n) is 3.53. The highest BCUT2D eigenvalue weighted by atomic mass is 16.5. The van der Waals surface area contributed by atoms with Crippen LogP contribution in [-0.2, 0) is 0 Å². The summed E-state index contributed by atoms with van der Waals surface area (Å²) in [6.07, 6.45) is 2.69. The van der Waals surface area contributed by atoms with Gasteiger partial charge in [-0.2, -0.15) is 0 Å². The Morgan fingerprint density at radius 1 is 1.12 bits per heavy atom. The third-order valence-corrected chi connectivity index (χ3v) is 3.53. The van der Waals surface area contributed by atoms with Gasteiger partial charge in [-0.05, 0) is 45.7 Å². The van der Waals surface area contributed by atoms with Crippen LogP contribution in [0.3, 0.4) is 0 Å². The first kappa shape index (κ1) is 12.4. The Morgan fingerprint density at radius 2 is 1.71 bits per heavy atom. The molecule has 1 aromatic rings. The van der Waals surface area contributed by atoms with E-state index in [-0.39, 0.29) is 0 Å². The maximum Gasteiger partial charge on any atom is 0.119 e. The number of nitrogens with zero attached hydrogens (tertiary/aromatic N) is 1. The molecule has 2 heteroatoms. The van der Waals surface area contributed by atoms with Crippen molar-refractivity contribution >= 4 is 0 Å². The summed E-state index contributed by atoms with van der Waals surface area (Å²) in [6.45, 7) is 8.95. The molecule has 1 saturated heterocycles. The van der Waals surface area contributed by atoms with Crippen LogP contribution in [0.2, 0.25) is 0 Å². The Balaban J connectivity index is 1.84. The Bertz CT molecular complexity index is 336. The SMILES string of the molecule is Cc1ccc(OC2CCN(C(C)C)CC2)cc1. The molecular formula is C15H23NO. The molecule has 2 rings (SSSR count). The molecule has 94 valence electrons. The number of hydrogen-bond donors (Lipinski definition) is 0. The van der Waals surface area contributed by atoms with Crippen LogP contribution in [0.4, 0.5) is 0 Å². The molecule has 2 nitrogen and oxygen atoms in total. The molecule has 0 radical (unpaired) electrons. The zero-order valence-corrected chi connectivity index (χ0v) is 11.1. The molecule has 0 aliphatic carbocycles. The predicted molar refractivity (Wildman–Crippen MR) is 71.5 cm³/mol. The van der Waals surface area contributed by atoms with Crippen molar-refractivity contribution in [2.24, 2.45) is 0 Å². The molecule has 1 aromatic carbocycles. The molecule has 1 fully saturated rings. The summed E-state index contributed by atoms with van der Waals surface area (Å²) < 4.78 is 6.01. The lowest BCUT2D eigenvalue weighted by molar-refractivity contribution is 0.0843. The topological polar surface area (TPSA) is 12.5 Å². The highest BCUT2D eigenvalue weighted by molar-refractivity contribution is 5.26. The van der Waals surface area contributed by atoms with Crippen molar-refractivity contribution < 1.29 is 4.74 Å². The van der Waals surface area contributed by atoms with Crippen molar-refractivity contribution in [1.82, 2.24) is 4.90 Å². The van der Waals surface area contributed by atoms with E-state index >= 15 is 0 Å². The quantitative estimate of drug-likeness (QED) is 0.794. The highest BCUT2D eigenvalue weighted by Crippen LogP contribution is 2.20. The van der Waals surface area contributed by atoms with Crippen molar-refractivity contribution in [1.29, 1.82) is 0 Å². The minimum atomic E-state index is 0.396. The van der Waals surface area contributed by atoms with Crippen molar-refractivity contribution in [3.05, 3.63) is 29.8 Å². The van der Waals surface area contributed by atoms with Crippen molar-refractivity contribution in [3.63, 3.8) is 0 Å². The molecule has 0 atom stereocenters. The molecule has 1 heterocycles. The number of piperidine rings is 1. The second-order valence-electron chi connectivity index (χ2n) is 5.26. The lowest BCUT2D eigenvalue weighted by Crippen LogP contribution is -2.41. The second-order valence-corrected chi connectivity index (χ2v) is 5.26. The standard InChI is InChI=1S/C15H23NO/c1-12(2)16-10-8-15(9-11-16)17-14-6-4-13(3)5-7-14/h4-7,12,15H,8-11H2,1-3H3. The highest BCUT2D eigenvalue weighted by Gasteiger charge is 2.21. The van der Waals surface area contributed by atoms with Crippen LogP contribution in [0.25, 0.3) is 0 Å². The summed E-state index contributed by atoms with van der Waals surface area (Å²) in [5, 5.41) is 0. The van der Waals surface area contributed by atoms with Crippen molar-refractivity contribution in [2.75, 3.05) is 13.1 Å². The van der Waals surface area contributed by atoms with Gasteiger partial charge in [-0.25, -0.2) is 0 Å². The molecule has 0 unspecified atom stereocenters. The van der Waals surface area contributed by atoms with Gasteiger partial charge in [0.05, 0.1) is 0 Å². The van der Waals surface area contributed by atoms with Crippen LogP contribution < -0.4 is 4.74 Å². The molecule has 0 aromatic heterocycles. The molecule has 1 aliphatic rings. The summed E-state index contributed by atoms with van der Waals surface area (Å²) in [5.74, 6) is 1.01. The Hall–Kier alpha value is -1.02. The summed E-state index contributed by atoms with van der Waals surface area (Å²) in [5.41, 5.74) is 1.28. The van der Waals surface area contributed by atoms with Crippen LogP contribution in [0.5, 0.6) is 5.75 Å². The van der Waals surface area contributed by atoms with Crippen LogP contribution in [0, 0.1) is 6.92 Å². The van der Waals surface area contributed by atoms with E-state index in [2.05, 4.69) is 49.9 Å². The molecular weight excluding hydrogens is 210 g/mol. The maximum absolute atomic E-state index is 6.01. The lowest BCUT2D eigenvalue weighted by Gasteiger charge is -2.34. The summed E-state index contributed by atoms with van der Waals surface area (Å²) in [7, 11) is 0. The van der Waals surface area contributed by atoms with Crippen LogP contribution in [0.15, 0.2) is 24.3 Å². The summed E-state index contributed by atoms with van der Waals surface area (Å²) in [4.78, 5) is 2.52. The number of hydrogen-bond acceptors (Lipinski definition) is 2. The Labute approximate surface area is 105 Å². The fourth-order valence-electron chi connectivity index (χ4n) is 2.32. The van der Waals surface area contributed by atoms with E-state index in [1.54, 1.807) is 0 Å². The monoisotopic (exact) mass is 233 g/mol. The van der Waals surface area contributed by atoms with Crippen molar-refractivity contribution in [2.45, 2.75) is 45.8 Å². The first-order valence-electron chi connectivity index (χ1n) is 6.62. The maximum atomic E-state index is 6.01. The van der Waals surface area contributed by atoms with Gasteiger partial charge in [0.1, 0.15) is 11.9 Å². The Morgan fingerprint density at radius 3 is 2.24 bits per heavy atom. The van der Waals surface area contributed by atoms with Crippen LogP contribution >= 0.6 is 0 Å². The summed E-state index contributed by atoms with van der Waals surface area (Å²) >= 11 is 0. The van der Waals surface area contributed by atoms with E-state index in [1.165, 1.54) is 5.56 Å². The number of likely N-dealkylation sites (tertiary alicyclic amines) is 1. The van der Waals surface area contributed by atoms with Gasteiger partial charge in [0, 0.05) is 19.1 Å². The molecule has 0 N–H and O–H groups in total. The molecule has 0 amide bonds. The fraction of sp³-hybridized carbons (Fsp3) is 0.600. The predicted octanol–water partition coefficient (Wildman–Crippen LogP) is 3.25. The number of ether oxygens (including phenoxy) is 1. The number of benzene rings is 1. The van der Waals surface area contributed by atoms with Gasteiger partial charge < -0.3 is 9.64 Å². The second kappa shape index (κ2) is 5.54. The minimum Gasteiger partial charge on any atom is -0.490 e.